The van der Waals surface area contributed by atoms with Crippen molar-refractivity contribution in [3.05, 3.63) is 65.1 Å². The lowest BCUT2D eigenvalue weighted by atomic mass is 9.98. The van der Waals surface area contributed by atoms with Gasteiger partial charge in [0.1, 0.15) is 0 Å². The van der Waals surface area contributed by atoms with Crippen LogP contribution in [0.4, 0.5) is 5.69 Å². The van der Waals surface area contributed by atoms with Crippen LogP contribution in [-0.2, 0) is 0 Å². The quantitative estimate of drug-likeness (QED) is 0.649. The minimum absolute atomic E-state index is 0.105. The summed E-state index contributed by atoms with van der Waals surface area (Å²) in [7, 11) is 0. The van der Waals surface area contributed by atoms with Gasteiger partial charge in [-0.2, -0.15) is 0 Å². The number of nitrogen functional groups attached to an aromatic ring is 1. The molecule has 2 rings (SSSR count). The second kappa shape index (κ2) is 5.57. The number of nitrogens with one attached hydrogen (secondary N) is 1. The van der Waals surface area contributed by atoms with E-state index in [4.69, 9.17) is 5.73 Å². The topological polar surface area (TPSA) is 58.9 Å². The number of allylic oxidation sites excluding steroid dienone is 1. The lowest BCUT2D eigenvalue weighted by Gasteiger charge is -2.12. The Bertz CT molecular complexity index is 643. The van der Waals surface area contributed by atoms with Crippen LogP contribution >= 0.6 is 0 Å². The number of rotatable bonds is 4. The highest BCUT2D eigenvalue weighted by atomic mass is 16.1. The third-order valence-corrected chi connectivity index (χ3v) is 3.19. The molecule has 2 aromatic rings. The van der Waals surface area contributed by atoms with Gasteiger partial charge in [-0.15, -0.1) is 6.58 Å². The molecule has 1 heterocycles. The van der Waals surface area contributed by atoms with E-state index in [1.54, 1.807) is 6.07 Å². The number of hydrogen-bond acceptors (Lipinski definition) is 2. The molecule has 1 aromatic heterocycles. The van der Waals surface area contributed by atoms with Gasteiger partial charge in [-0.3, -0.25) is 4.79 Å². The summed E-state index contributed by atoms with van der Waals surface area (Å²) in [4.78, 5) is 14.7. The lowest BCUT2D eigenvalue weighted by Crippen LogP contribution is -2.10. The van der Waals surface area contributed by atoms with Crippen molar-refractivity contribution in [2.45, 2.75) is 19.3 Å². The van der Waals surface area contributed by atoms with Crippen LogP contribution in [0, 0.1) is 0 Å². The minimum atomic E-state index is -0.105. The summed E-state index contributed by atoms with van der Waals surface area (Å²) in [5, 5.41) is 0. The van der Waals surface area contributed by atoms with E-state index in [9.17, 15) is 4.79 Å². The number of hydrogen-bond donors (Lipinski definition) is 2. The van der Waals surface area contributed by atoms with Gasteiger partial charge in [-0.1, -0.05) is 31.2 Å². The number of H-pyrrole nitrogens is 1. The van der Waals surface area contributed by atoms with Crippen molar-refractivity contribution < 1.29 is 0 Å². The largest absolute Gasteiger partial charge is 0.398 e. The number of anilines is 1. The molecule has 0 saturated carbocycles. The molecule has 0 aliphatic heterocycles. The molecule has 3 nitrogen and oxygen atoms in total. The van der Waals surface area contributed by atoms with Crippen LogP contribution in [0.1, 0.15) is 25.0 Å². The number of aromatic amines is 1. The van der Waals surface area contributed by atoms with Crippen LogP contribution in [0.5, 0.6) is 0 Å². The molecule has 1 aromatic carbocycles. The van der Waals surface area contributed by atoms with E-state index < -0.39 is 0 Å². The molecule has 0 bridgehead atoms. The van der Waals surface area contributed by atoms with E-state index >= 15 is 0 Å². The Morgan fingerprint density at radius 3 is 2.79 bits per heavy atom. The second-order valence-electron chi connectivity index (χ2n) is 4.70. The zero-order valence-electron chi connectivity index (χ0n) is 11.0. The number of pyridine rings is 1. The number of aromatic nitrogens is 1. The Balaban J connectivity index is 2.51. The molecule has 19 heavy (non-hydrogen) atoms. The molecule has 0 amide bonds. The first kappa shape index (κ1) is 13.1. The molecule has 0 fully saturated rings. The molecule has 0 saturated heterocycles. The maximum atomic E-state index is 11.8. The van der Waals surface area contributed by atoms with E-state index in [0.717, 1.165) is 23.2 Å². The molecular weight excluding hydrogens is 236 g/mol. The Labute approximate surface area is 112 Å². The molecule has 0 radical (unpaired) electrons. The van der Waals surface area contributed by atoms with Gasteiger partial charge in [-0.05, 0) is 30.0 Å². The van der Waals surface area contributed by atoms with Crippen molar-refractivity contribution >= 4 is 5.69 Å². The van der Waals surface area contributed by atoms with Gasteiger partial charge in [0.2, 0.25) is 5.56 Å². The first-order chi connectivity index (χ1) is 9.11. The van der Waals surface area contributed by atoms with Crippen molar-refractivity contribution in [3.8, 4) is 11.1 Å². The van der Waals surface area contributed by atoms with Crippen molar-refractivity contribution in [2.75, 3.05) is 5.73 Å². The minimum Gasteiger partial charge on any atom is -0.398 e. The summed E-state index contributed by atoms with van der Waals surface area (Å²) in [6.45, 7) is 5.79. The van der Waals surface area contributed by atoms with E-state index in [1.807, 2.05) is 36.4 Å². The van der Waals surface area contributed by atoms with Crippen LogP contribution in [0.25, 0.3) is 11.1 Å². The van der Waals surface area contributed by atoms with Gasteiger partial charge in [-0.25, -0.2) is 0 Å². The molecular formula is C16H18N2O. The third-order valence-electron chi connectivity index (χ3n) is 3.19. The number of benzene rings is 1. The third kappa shape index (κ3) is 2.94. The Kier molecular flexibility index (Phi) is 3.85. The monoisotopic (exact) mass is 254 g/mol. The first-order valence-corrected chi connectivity index (χ1v) is 6.32. The highest BCUT2D eigenvalue weighted by molar-refractivity contribution is 5.76. The van der Waals surface area contributed by atoms with Crippen molar-refractivity contribution in [1.29, 1.82) is 0 Å². The van der Waals surface area contributed by atoms with Gasteiger partial charge in [0, 0.05) is 23.0 Å². The predicted molar refractivity (Wildman–Crippen MR) is 80.1 cm³/mol. The summed E-state index contributed by atoms with van der Waals surface area (Å²) in [6, 6.07) is 11.1. The first-order valence-electron chi connectivity index (χ1n) is 6.32. The lowest BCUT2D eigenvalue weighted by molar-refractivity contribution is 0.746. The maximum absolute atomic E-state index is 11.8. The predicted octanol–water partition coefficient (Wildman–Crippen LogP) is 3.30. The Morgan fingerprint density at radius 2 is 2.11 bits per heavy atom. The molecule has 1 atom stereocenters. The van der Waals surface area contributed by atoms with E-state index in [1.165, 1.54) is 0 Å². The zero-order valence-corrected chi connectivity index (χ0v) is 11.0. The maximum Gasteiger partial charge on any atom is 0.248 e. The summed E-state index contributed by atoms with van der Waals surface area (Å²) in [6.07, 6.45) is 2.68. The second-order valence-corrected chi connectivity index (χ2v) is 4.70. The van der Waals surface area contributed by atoms with Crippen LogP contribution in [-0.4, -0.2) is 4.98 Å². The summed E-state index contributed by atoms with van der Waals surface area (Å²) in [5.74, 6) is 0.232. The summed E-state index contributed by atoms with van der Waals surface area (Å²) in [5.41, 5.74) is 9.18. The number of nitrogens with two attached hydrogens (primary N) is 1. The van der Waals surface area contributed by atoms with E-state index in [2.05, 4.69) is 18.5 Å². The van der Waals surface area contributed by atoms with Crippen LogP contribution < -0.4 is 11.3 Å². The van der Waals surface area contributed by atoms with Crippen molar-refractivity contribution in [1.82, 2.24) is 4.98 Å². The molecule has 3 heteroatoms. The SMILES string of the molecule is C=CCC(C)c1cc(-c2ccccc2N)cc(=O)[nH]1. The number of para-hydroxylation sites is 1. The van der Waals surface area contributed by atoms with Crippen LogP contribution in [0.2, 0.25) is 0 Å². The fraction of sp³-hybridized carbons (Fsp3) is 0.188. The smallest absolute Gasteiger partial charge is 0.248 e. The fourth-order valence-corrected chi connectivity index (χ4v) is 2.12. The van der Waals surface area contributed by atoms with Gasteiger partial charge in [0.25, 0.3) is 0 Å². The molecule has 1 unspecified atom stereocenters. The van der Waals surface area contributed by atoms with Gasteiger partial charge >= 0.3 is 0 Å². The van der Waals surface area contributed by atoms with Gasteiger partial charge in [0.05, 0.1) is 0 Å². The average Bonchev–Trinajstić information content (AvgIpc) is 2.39. The van der Waals surface area contributed by atoms with Gasteiger partial charge in [0.15, 0.2) is 0 Å². The van der Waals surface area contributed by atoms with E-state index in [0.29, 0.717) is 5.69 Å². The Morgan fingerprint density at radius 1 is 1.37 bits per heavy atom. The van der Waals surface area contributed by atoms with Crippen LogP contribution in [0.15, 0.2) is 53.8 Å². The highest BCUT2D eigenvalue weighted by Crippen LogP contribution is 2.27. The normalized spacial score (nSPS) is 12.1. The summed E-state index contributed by atoms with van der Waals surface area (Å²) >= 11 is 0. The average molecular weight is 254 g/mol. The fourth-order valence-electron chi connectivity index (χ4n) is 2.12. The standard InChI is InChI=1S/C16H18N2O/c1-3-6-11(2)15-9-12(10-16(19)18-15)13-7-4-5-8-14(13)17/h3-5,7-11H,1,6,17H2,2H3,(H,18,19). The molecule has 98 valence electrons. The van der Waals surface area contributed by atoms with Crippen molar-refractivity contribution in [2.24, 2.45) is 0 Å². The van der Waals surface area contributed by atoms with Crippen molar-refractivity contribution in [3.63, 3.8) is 0 Å². The highest BCUT2D eigenvalue weighted by Gasteiger charge is 2.09. The van der Waals surface area contributed by atoms with Gasteiger partial charge < -0.3 is 10.7 Å². The molecule has 3 N–H and O–H groups in total. The molecule has 0 aliphatic carbocycles. The molecule has 0 spiro atoms. The zero-order chi connectivity index (χ0) is 13.8. The summed E-state index contributed by atoms with van der Waals surface area (Å²) < 4.78 is 0. The van der Waals surface area contributed by atoms with E-state index in [-0.39, 0.29) is 11.5 Å². The van der Waals surface area contributed by atoms with Crippen LogP contribution in [0.3, 0.4) is 0 Å². The molecule has 0 aliphatic rings. The Hall–Kier alpha value is -2.29.